The van der Waals surface area contributed by atoms with Gasteiger partial charge < -0.3 is 10.6 Å². The Morgan fingerprint density at radius 3 is 3.00 bits per heavy atom. The van der Waals surface area contributed by atoms with Gasteiger partial charge in [-0.3, -0.25) is 0 Å². The molecule has 2 N–H and O–H groups in total. The average Bonchev–Trinajstić information content (AvgIpc) is 2.32. The lowest BCUT2D eigenvalue weighted by atomic mass is 9.99. The molecule has 1 aliphatic rings. The molecule has 1 fully saturated rings. The molecular weight excluding hydrogens is 220 g/mol. The van der Waals surface area contributed by atoms with Crippen LogP contribution in [0.25, 0.3) is 0 Å². The second-order valence-corrected chi connectivity index (χ2v) is 4.89. The summed E-state index contributed by atoms with van der Waals surface area (Å²) in [4.78, 5) is 2.42. The van der Waals surface area contributed by atoms with Gasteiger partial charge in [0.25, 0.3) is 0 Å². The third kappa shape index (κ3) is 2.27. The number of halogens is 1. The summed E-state index contributed by atoms with van der Waals surface area (Å²) in [5.41, 5.74) is 7.98. The molecule has 1 aliphatic heterocycles. The molecule has 0 bridgehead atoms. The van der Waals surface area contributed by atoms with Crippen LogP contribution in [0.2, 0.25) is 5.02 Å². The fourth-order valence-corrected chi connectivity index (χ4v) is 2.67. The summed E-state index contributed by atoms with van der Waals surface area (Å²) in [5, 5.41) is 0.768. The lowest BCUT2D eigenvalue weighted by Gasteiger charge is -2.37. The third-order valence-electron chi connectivity index (χ3n) is 3.40. The molecule has 1 aromatic carbocycles. The standard InChI is InChI=1S/C13H19ClN2/c1-2-11-5-3-4-8-16(11)13-9-10(14)6-7-12(13)15/h6-7,9,11H,2-5,8,15H2,1H3. The molecule has 3 heteroatoms. The summed E-state index contributed by atoms with van der Waals surface area (Å²) >= 11 is 6.04. The first-order valence-corrected chi connectivity index (χ1v) is 6.42. The monoisotopic (exact) mass is 238 g/mol. The molecule has 88 valence electrons. The van der Waals surface area contributed by atoms with Crippen molar-refractivity contribution in [3.8, 4) is 0 Å². The molecule has 1 heterocycles. The highest BCUT2D eigenvalue weighted by molar-refractivity contribution is 6.31. The van der Waals surface area contributed by atoms with Gasteiger partial charge in [-0.1, -0.05) is 18.5 Å². The Hall–Kier alpha value is -0.890. The van der Waals surface area contributed by atoms with Gasteiger partial charge in [-0.05, 0) is 43.9 Å². The van der Waals surface area contributed by atoms with Crippen LogP contribution < -0.4 is 10.6 Å². The van der Waals surface area contributed by atoms with Crippen LogP contribution in [0.15, 0.2) is 18.2 Å². The van der Waals surface area contributed by atoms with Gasteiger partial charge in [0.15, 0.2) is 0 Å². The molecule has 1 unspecified atom stereocenters. The highest BCUT2D eigenvalue weighted by Gasteiger charge is 2.22. The third-order valence-corrected chi connectivity index (χ3v) is 3.64. The molecule has 0 radical (unpaired) electrons. The van der Waals surface area contributed by atoms with Gasteiger partial charge >= 0.3 is 0 Å². The van der Waals surface area contributed by atoms with E-state index in [1.165, 1.54) is 25.7 Å². The largest absolute Gasteiger partial charge is 0.397 e. The molecule has 1 aromatic rings. The molecule has 2 rings (SSSR count). The minimum Gasteiger partial charge on any atom is -0.397 e. The van der Waals surface area contributed by atoms with E-state index in [0.717, 1.165) is 22.9 Å². The first-order valence-electron chi connectivity index (χ1n) is 6.04. The van der Waals surface area contributed by atoms with Crippen LogP contribution in [0.1, 0.15) is 32.6 Å². The zero-order chi connectivity index (χ0) is 11.5. The average molecular weight is 239 g/mol. The summed E-state index contributed by atoms with van der Waals surface area (Å²) in [5.74, 6) is 0. The van der Waals surface area contributed by atoms with E-state index < -0.39 is 0 Å². The van der Waals surface area contributed by atoms with E-state index in [1.54, 1.807) is 0 Å². The van der Waals surface area contributed by atoms with Crippen LogP contribution in [0.3, 0.4) is 0 Å². The highest BCUT2D eigenvalue weighted by Crippen LogP contribution is 2.32. The Labute approximate surface area is 102 Å². The Morgan fingerprint density at radius 2 is 2.25 bits per heavy atom. The van der Waals surface area contributed by atoms with Crippen LogP contribution in [-0.4, -0.2) is 12.6 Å². The fourth-order valence-electron chi connectivity index (χ4n) is 2.51. The molecule has 0 spiro atoms. The van der Waals surface area contributed by atoms with E-state index in [0.29, 0.717) is 6.04 Å². The van der Waals surface area contributed by atoms with Crippen molar-refractivity contribution < 1.29 is 0 Å². The van der Waals surface area contributed by atoms with E-state index >= 15 is 0 Å². The van der Waals surface area contributed by atoms with E-state index in [2.05, 4.69) is 11.8 Å². The normalized spacial score (nSPS) is 21.1. The SMILES string of the molecule is CCC1CCCCN1c1cc(Cl)ccc1N. The van der Waals surface area contributed by atoms with Gasteiger partial charge in [0.2, 0.25) is 0 Å². The quantitative estimate of drug-likeness (QED) is 0.797. The summed E-state index contributed by atoms with van der Waals surface area (Å²) in [7, 11) is 0. The van der Waals surface area contributed by atoms with Gasteiger partial charge in [-0.2, -0.15) is 0 Å². The molecule has 0 amide bonds. The topological polar surface area (TPSA) is 29.3 Å². The number of nitrogens with zero attached hydrogens (tertiary/aromatic N) is 1. The molecule has 2 nitrogen and oxygen atoms in total. The number of rotatable bonds is 2. The summed E-state index contributed by atoms with van der Waals surface area (Å²) in [6, 6.07) is 6.37. The van der Waals surface area contributed by atoms with Crippen LogP contribution in [0.4, 0.5) is 11.4 Å². The summed E-state index contributed by atoms with van der Waals surface area (Å²) < 4.78 is 0. The number of hydrogen-bond donors (Lipinski definition) is 1. The Kier molecular flexibility index (Phi) is 3.59. The van der Waals surface area contributed by atoms with Gasteiger partial charge in [0.05, 0.1) is 11.4 Å². The Bertz CT molecular complexity index is 365. The van der Waals surface area contributed by atoms with Crippen molar-refractivity contribution >= 4 is 23.0 Å². The number of hydrogen-bond acceptors (Lipinski definition) is 2. The van der Waals surface area contributed by atoms with E-state index in [9.17, 15) is 0 Å². The highest BCUT2D eigenvalue weighted by atomic mass is 35.5. The molecule has 1 atom stereocenters. The van der Waals surface area contributed by atoms with E-state index in [1.807, 2.05) is 18.2 Å². The maximum absolute atomic E-state index is 6.04. The van der Waals surface area contributed by atoms with Crippen LogP contribution in [0.5, 0.6) is 0 Å². The van der Waals surface area contributed by atoms with Gasteiger partial charge in [-0.15, -0.1) is 0 Å². The number of nitrogen functional groups attached to an aromatic ring is 1. The van der Waals surface area contributed by atoms with Crippen LogP contribution in [-0.2, 0) is 0 Å². The van der Waals surface area contributed by atoms with Crippen LogP contribution >= 0.6 is 11.6 Å². The second kappa shape index (κ2) is 4.96. The smallest absolute Gasteiger partial charge is 0.0617 e. The van der Waals surface area contributed by atoms with Gasteiger partial charge in [0, 0.05) is 17.6 Å². The maximum Gasteiger partial charge on any atom is 0.0617 e. The summed E-state index contributed by atoms with van der Waals surface area (Å²) in [6.45, 7) is 3.34. The first-order chi connectivity index (χ1) is 7.72. The lowest BCUT2D eigenvalue weighted by molar-refractivity contribution is 0.450. The zero-order valence-corrected chi connectivity index (χ0v) is 10.5. The van der Waals surface area contributed by atoms with Crippen molar-refractivity contribution in [2.24, 2.45) is 0 Å². The minimum atomic E-state index is 0.620. The van der Waals surface area contributed by atoms with Gasteiger partial charge in [0.1, 0.15) is 0 Å². The molecular formula is C13H19ClN2. The number of anilines is 2. The predicted molar refractivity (Wildman–Crippen MR) is 71.1 cm³/mol. The lowest BCUT2D eigenvalue weighted by Crippen LogP contribution is -2.39. The van der Waals surface area contributed by atoms with Crippen molar-refractivity contribution in [1.29, 1.82) is 0 Å². The molecule has 16 heavy (non-hydrogen) atoms. The Balaban J connectivity index is 2.30. The number of benzene rings is 1. The van der Waals surface area contributed by atoms with E-state index in [4.69, 9.17) is 17.3 Å². The predicted octanol–water partition coefficient (Wildman–Crippen LogP) is 3.69. The van der Waals surface area contributed by atoms with Gasteiger partial charge in [-0.25, -0.2) is 0 Å². The first kappa shape index (κ1) is 11.6. The maximum atomic E-state index is 6.04. The molecule has 1 saturated heterocycles. The fraction of sp³-hybridized carbons (Fsp3) is 0.538. The van der Waals surface area contributed by atoms with Crippen molar-refractivity contribution in [1.82, 2.24) is 0 Å². The minimum absolute atomic E-state index is 0.620. The van der Waals surface area contributed by atoms with E-state index in [-0.39, 0.29) is 0 Å². The number of nitrogens with two attached hydrogens (primary N) is 1. The molecule has 0 saturated carbocycles. The second-order valence-electron chi connectivity index (χ2n) is 4.45. The molecule has 0 aliphatic carbocycles. The Morgan fingerprint density at radius 1 is 1.44 bits per heavy atom. The van der Waals surface area contributed by atoms with Crippen LogP contribution in [0, 0.1) is 0 Å². The van der Waals surface area contributed by atoms with Crippen molar-refractivity contribution in [2.45, 2.75) is 38.6 Å². The molecule has 0 aromatic heterocycles. The van der Waals surface area contributed by atoms with Crippen molar-refractivity contribution in [3.05, 3.63) is 23.2 Å². The van der Waals surface area contributed by atoms with Crippen molar-refractivity contribution in [3.63, 3.8) is 0 Å². The summed E-state index contributed by atoms with van der Waals surface area (Å²) in [6.07, 6.45) is 5.02. The number of piperidine rings is 1. The van der Waals surface area contributed by atoms with Crippen molar-refractivity contribution in [2.75, 3.05) is 17.2 Å². The zero-order valence-electron chi connectivity index (χ0n) is 9.75.